The van der Waals surface area contributed by atoms with Crippen molar-refractivity contribution in [3.05, 3.63) is 54.1 Å². The number of hydrogen-bond acceptors (Lipinski definition) is 4. The maximum absolute atomic E-state index is 9.70. The molecule has 4 nitrogen and oxygen atoms in total. The lowest BCUT2D eigenvalue weighted by Crippen LogP contribution is -2.36. The molecule has 1 aliphatic heterocycles. The molecule has 1 heterocycles. The number of aliphatic hydroxyl groups excluding tert-OH is 1. The molecule has 2 aromatic rings. The lowest BCUT2D eigenvalue weighted by Gasteiger charge is -2.33. The van der Waals surface area contributed by atoms with Crippen molar-refractivity contribution in [2.75, 3.05) is 37.0 Å². The Morgan fingerprint density at radius 3 is 2.50 bits per heavy atom. The number of nitrogens with one attached hydrogen (secondary N) is 1. The molecule has 0 radical (unpaired) electrons. The van der Waals surface area contributed by atoms with Crippen molar-refractivity contribution in [3.8, 4) is 5.75 Å². The summed E-state index contributed by atoms with van der Waals surface area (Å²) in [5.41, 5.74) is 3.70. The molecule has 1 aliphatic rings. The Hall–Kier alpha value is -2.20. The summed E-state index contributed by atoms with van der Waals surface area (Å²) in [7, 11) is 1.69. The lowest BCUT2D eigenvalue weighted by atomic mass is 10.1. The average Bonchev–Trinajstić information content (AvgIpc) is 2.63. The molecule has 0 amide bonds. The van der Waals surface area contributed by atoms with Gasteiger partial charge in [0.05, 0.1) is 24.6 Å². The van der Waals surface area contributed by atoms with Crippen LogP contribution in [0, 0.1) is 0 Å². The first-order valence-corrected chi connectivity index (χ1v) is 8.65. The summed E-state index contributed by atoms with van der Waals surface area (Å²) < 4.78 is 5.19. The molecule has 1 saturated heterocycles. The Morgan fingerprint density at radius 2 is 1.79 bits per heavy atom. The Balaban J connectivity index is 1.58. The van der Waals surface area contributed by atoms with E-state index in [1.165, 1.54) is 16.9 Å². The molecule has 24 heavy (non-hydrogen) atoms. The third-order valence-electron chi connectivity index (χ3n) is 4.60. The van der Waals surface area contributed by atoms with E-state index in [4.69, 9.17) is 4.74 Å². The SMILES string of the molecule is COc1ccc(CCNc2ccccc2N2CCC(O)CC2)cc1. The molecule has 3 rings (SSSR count). The fraction of sp³-hybridized carbons (Fsp3) is 0.400. The largest absolute Gasteiger partial charge is 0.497 e. The van der Waals surface area contributed by atoms with E-state index in [2.05, 4.69) is 46.6 Å². The van der Waals surface area contributed by atoms with E-state index in [1.54, 1.807) is 7.11 Å². The second-order valence-corrected chi connectivity index (χ2v) is 6.26. The molecule has 0 unspecified atom stereocenters. The molecule has 0 aromatic heterocycles. The Kier molecular flexibility index (Phi) is 5.59. The first kappa shape index (κ1) is 16.7. The Labute approximate surface area is 144 Å². The fourth-order valence-electron chi connectivity index (χ4n) is 3.14. The van der Waals surface area contributed by atoms with Gasteiger partial charge in [0.1, 0.15) is 5.75 Å². The van der Waals surface area contributed by atoms with Crippen LogP contribution in [0.1, 0.15) is 18.4 Å². The van der Waals surface area contributed by atoms with Gasteiger partial charge in [-0.15, -0.1) is 0 Å². The van der Waals surface area contributed by atoms with Gasteiger partial charge in [0.2, 0.25) is 0 Å². The minimum Gasteiger partial charge on any atom is -0.497 e. The van der Waals surface area contributed by atoms with E-state index in [1.807, 2.05) is 12.1 Å². The van der Waals surface area contributed by atoms with Crippen LogP contribution in [0.2, 0.25) is 0 Å². The summed E-state index contributed by atoms with van der Waals surface area (Å²) in [5.74, 6) is 0.893. The van der Waals surface area contributed by atoms with Gasteiger partial charge in [0.25, 0.3) is 0 Å². The van der Waals surface area contributed by atoms with Crippen LogP contribution in [0.15, 0.2) is 48.5 Å². The number of rotatable bonds is 6. The maximum atomic E-state index is 9.70. The summed E-state index contributed by atoms with van der Waals surface area (Å²) in [6.45, 7) is 2.72. The number of methoxy groups -OCH3 is 1. The van der Waals surface area contributed by atoms with Crippen LogP contribution in [0.3, 0.4) is 0 Å². The number of ether oxygens (including phenoxy) is 1. The topological polar surface area (TPSA) is 44.7 Å². The van der Waals surface area contributed by atoms with E-state index in [0.29, 0.717) is 0 Å². The van der Waals surface area contributed by atoms with Gasteiger partial charge in [-0.1, -0.05) is 24.3 Å². The molecule has 0 spiro atoms. The zero-order valence-electron chi connectivity index (χ0n) is 14.2. The average molecular weight is 326 g/mol. The quantitative estimate of drug-likeness (QED) is 0.855. The first-order chi connectivity index (χ1) is 11.8. The van der Waals surface area contributed by atoms with Crippen molar-refractivity contribution in [2.24, 2.45) is 0 Å². The molecular weight excluding hydrogens is 300 g/mol. The monoisotopic (exact) mass is 326 g/mol. The highest BCUT2D eigenvalue weighted by Crippen LogP contribution is 2.28. The van der Waals surface area contributed by atoms with Crippen molar-refractivity contribution in [2.45, 2.75) is 25.4 Å². The van der Waals surface area contributed by atoms with Crippen LogP contribution in [-0.4, -0.2) is 38.0 Å². The van der Waals surface area contributed by atoms with Crippen molar-refractivity contribution in [3.63, 3.8) is 0 Å². The smallest absolute Gasteiger partial charge is 0.118 e. The summed E-state index contributed by atoms with van der Waals surface area (Å²) in [6, 6.07) is 16.7. The number of piperidine rings is 1. The third-order valence-corrected chi connectivity index (χ3v) is 4.60. The van der Waals surface area contributed by atoms with E-state index in [9.17, 15) is 5.11 Å². The first-order valence-electron chi connectivity index (χ1n) is 8.65. The summed E-state index contributed by atoms with van der Waals surface area (Å²) >= 11 is 0. The minimum atomic E-state index is -0.142. The Bertz CT molecular complexity index is 634. The zero-order valence-corrected chi connectivity index (χ0v) is 14.2. The number of aliphatic hydroxyl groups is 1. The standard InChI is InChI=1S/C20H26N2O2/c1-24-18-8-6-16(7-9-18)10-13-21-19-4-2-3-5-20(19)22-14-11-17(23)12-15-22/h2-9,17,21,23H,10-15H2,1H3. The molecular formula is C20H26N2O2. The summed E-state index contributed by atoms with van der Waals surface area (Å²) in [4.78, 5) is 2.36. The highest BCUT2D eigenvalue weighted by atomic mass is 16.5. The van der Waals surface area contributed by atoms with Crippen LogP contribution in [0.4, 0.5) is 11.4 Å². The van der Waals surface area contributed by atoms with E-state index in [0.717, 1.165) is 44.6 Å². The van der Waals surface area contributed by atoms with Gasteiger partial charge in [-0.25, -0.2) is 0 Å². The summed E-state index contributed by atoms with van der Waals surface area (Å²) in [5, 5.41) is 13.3. The van der Waals surface area contributed by atoms with Crippen LogP contribution in [-0.2, 0) is 6.42 Å². The zero-order chi connectivity index (χ0) is 16.8. The summed E-state index contributed by atoms with van der Waals surface area (Å²) in [6.07, 6.45) is 2.52. The molecule has 0 saturated carbocycles. The van der Waals surface area contributed by atoms with Gasteiger partial charge in [-0.05, 0) is 49.1 Å². The number of hydrogen-bond donors (Lipinski definition) is 2. The Morgan fingerprint density at radius 1 is 1.08 bits per heavy atom. The molecule has 0 bridgehead atoms. The lowest BCUT2D eigenvalue weighted by molar-refractivity contribution is 0.145. The van der Waals surface area contributed by atoms with Gasteiger partial charge in [-0.2, -0.15) is 0 Å². The van der Waals surface area contributed by atoms with Gasteiger partial charge < -0.3 is 20.1 Å². The normalized spacial score (nSPS) is 15.3. The van der Waals surface area contributed by atoms with Crippen LogP contribution >= 0.6 is 0 Å². The number of nitrogens with zero attached hydrogens (tertiary/aromatic N) is 1. The highest BCUT2D eigenvalue weighted by Gasteiger charge is 2.18. The van der Waals surface area contributed by atoms with Gasteiger partial charge in [0.15, 0.2) is 0 Å². The van der Waals surface area contributed by atoms with Gasteiger partial charge >= 0.3 is 0 Å². The van der Waals surface area contributed by atoms with E-state index < -0.39 is 0 Å². The second kappa shape index (κ2) is 8.06. The van der Waals surface area contributed by atoms with Crippen molar-refractivity contribution in [1.82, 2.24) is 0 Å². The second-order valence-electron chi connectivity index (χ2n) is 6.26. The maximum Gasteiger partial charge on any atom is 0.118 e. The third kappa shape index (κ3) is 4.20. The van der Waals surface area contributed by atoms with Crippen LogP contribution in [0.25, 0.3) is 0 Å². The highest BCUT2D eigenvalue weighted by molar-refractivity contribution is 5.70. The van der Waals surface area contributed by atoms with Crippen molar-refractivity contribution in [1.29, 1.82) is 0 Å². The fourth-order valence-corrected chi connectivity index (χ4v) is 3.14. The predicted octanol–water partition coefficient (Wildman–Crippen LogP) is 3.31. The molecule has 0 atom stereocenters. The molecule has 2 N–H and O–H groups in total. The molecule has 1 fully saturated rings. The molecule has 0 aliphatic carbocycles. The van der Waals surface area contributed by atoms with E-state index >= 15 is 0 Å². The molecule has 2 aromatic carbocycles. The number of para-hydroxylation sites is 2. The number of benzene rings is 2. The van der Waals surface area contributed by atoms with Crippen LogP contribution in [0.5, 0.6) is 5.75 Å². The van der Waals surface area contributed by atoms with Crippen molar-refractivity contribution < 1.29 is 9.84 Å². The van der Waals surface area contributed by atoms with Gasteiger partial charge in [-0.3, -0.25) is 0 Å². The van der Waals surface area contributed by atoms with Crippen LogP contribution < -0.4 is 15.0 Å². The van der Waals surface area contributed by atoms with Crippen molar-refractivity contribution >= 4 is 11.4 Å². The molecule has 128 valence electrons. The molecule has 4 heteroatoms. The van der Waals surface area contributed by atoms with E-state index in [-0.39, 0.29) is 6.10 Å². The van der Waals surface area contributed by atoms with Gasteiger partial charge in [0, 0.05) is 19.6 Å². The number of anilines is 2. The minimum absolute atomic E-state index is 0.142. The predicted molar refractivity (Wildman–Crippen MR) is 99.1 cm³/mol.